The molecule has 52 heavy (non-hydrogen) atoms. The van der Waals surface area contributed by atoms with Gasteiger partial charge in [-0.1, -0.05) is 100 Å². The Hall–Kier alpha value is -2.76. The van der Waals surface area contributed by atoms with Gasteiger partial charge in [0.05, 0.1) is 26.4 Å². The third kappa shape index (κ3) is 8.46. The summed E-state index contributed by atoms with van der Waals surface area (Å²) in [7, 11) is 0. The Balaban J connectivity index is 1.96. The van der Waals surface area contributed by atoms with E-state index in [2.05, 4.69) is 100 Å². The minimum absolute atomic E-state index is 0.245. The molecular weight excluding hydrogens is 734 g/mol. The van der Waals surface area contributed by atoms with Gasteiger partial charge in [-0.25, -0.2) is 0 Å². The Morgan fingerprint density at radius 2 is 0.519 bits per heavy atom. The molecule has 1 aliphatic rings. The van der Waals surface area contributed by atoms with E-state index in [1.807, 2.05) is 0 Å². The molecule has 0 saturated heterocycles. The molecule has 0 aliphatic heterocycles. The number of halogens is 4. The predicted molar refractivity (Wildman–Crippen MR) is 219 cm³/mol. The highest BCUT2D eigenvalue weighted by Crippen LogP contribution is 2.50. The highest BCUT2D eigenvalue weighted by atomic mass is 35.5. The third-order valence-corrected chi connectivity index (χ3v) is 11.0. The average Bonchev–Trinajstić information content (AvgIpc) is 3.17. The first kappa shape index (κ1) is 40.4. The second kappa shape index (κ2) is 20.1. The molecule has 0 unspecified atom stereocenters. The minimum atomic E-state index is -0.245. The highest BCUT2D eigenvalue weighted by Gasteiger charge is 2.34. The van der Waals surface area contributed by atoms with Crippen LogP contribution in [0.5, 0.6) is 23.0 Å². The first-order valence-electron chi connectivity index (χ1n) is 18.8. The van der Waals surface area contributed by atoms with Crippen molar-refractivity contribution in [3.63, 3.8) is 0 Å². The quantitative estimate of drug-likeness (QED) is 0.106. The van der Waals surface area contributed by atoms with Crippen molar-refractivity contribution >= 4 is 46.4 Å². The summed E-state index contributed by atoms with van der Waals surface area (Å²) < 4.78 is 26.9. The van der Waals surface area contributed by atoms with Gasteiger partial charge >= 0.3 is 0 Å². The highest BCUT2D eigenvalue weighted by molar-refractivity contribution is 6.19. The van der Waals surface area contributed by atoms with Gasteiger partial charge in [-0.2, -0.15) is 0 Å². The van der Waals surface area contributed by atoms with Crippen LogP contribution in [-0.2, 0) is 0 Å². The fourth-order valence-corrected chi connectivity index (χ4v) is 8.64. The molecule has 0 fully saturated rings. The van der Waals surface area contributed by atoms with Crippen molar-refractivity contribution in [2.24, 2.45) is 0 Å². The first-order chi connectivity index (χ1) is 25.5. The fraction of sp³-hybridized carbons (Fsp3) is 0.455. The zero-order valence-electron chi connectivity index (χ0n) is 30.9. The molecule has 4 aromatic rings. The van der Waals surface area contributed by atoms with Crippen LogP contribution in [-0.4, -0.2) is 49.9 Å². The van der Waals surface area contributed by atoms with E-state index in [9.17, 15) is 0 Å². The monoisotopic (exact) mass is 784 g/mol. The van der Waals surface area contributed by atoms with E-state index in [0.29, 0.717) is 49.9 Å². The Morgan fingerprint density at radius 3 is 0.654 bits per heavy atom. The van der Waals surface area contributed by atoms with Crippen LogP contribution in [0, 0.1) is 0 Å². The van der Waals surface area contributed by atoms with Crippen LogP contribution in [0.2, 0.25) is 0 Å². The van der Waals surface area contributed by atoms with E-state index in [-0.39, 0.29) is 23.7 Å². The van der Waals surface area contributed by atoms with Crippen LogP contribution >= 0.6 is 46.4 Å². The lowest BCUT2D eigenvalue weighted by atomic mass is 9.80. The van der Waals surface area contributed by atoms with Crippen LogP contribution < -0.4 is 18.9 Å². The van der Waals surface area contributed by atoms with Crippen molar-refractivity contribution in [1.29, 1.82) is 0 Å². The molecular formula is C44H52Cl4O4. The van der Waals surface area contributed by atoms with Gasteiger partial charge in [0, 0.05) is 91.7 Å². The Kier molecular flexibility index (Phi) is 15.6. The summed E-state index contributed by atoms with van der Waals surface area (Å²) in [5, 5.41) is 0. The van der Waals surface area contributed by atoms with E-state index in [0.717, 1.165) is 93.2 Å². The van der Waals surface area contributed by atoms with Crippen molar-refractivity contribution in [1.82, 2.24) is 0 Å². The molecule has 8 heteroatoms. The number of hydrogen-bond donors (Lipinski definition) is 0. The van der Waals surface area contributed by atoms with Crippen molar-refractivity contribution in [2.75, 3.05) is 49.9 Å². The first-order valence-corrected chi connectivity index (χ1v) is 20.9. The second-order valence-electron chi connectivity index (χ2n) is 13.3. The fourth-order valence-electron chi connectivity index (χ4n) is 7.31. The summed E-state index contributed by atoms with van der Waals surface area (Å²) >= 11 is 28.1. The zero-order chi connectivity index (χ0) is 37.0. The van der Waals surface area contributed by atoms with Crippen molar-refractivity contribution in [2.45, 2.75) is 77.0 Å². The van der Waals surface area contributed by atoms with E-state index in [4.69, 9.17) is 65.4 Å². The molecule has 0 N–H and O–H groups in total. The zero-order valence-corrected chi connectivity index (χ0v) is 33.9. The van der Waals surface area contributed by atoms with Gasteiger partial charge in [-0.15, -0.1) is 46.4 Å². The van der Waals surface area contributed by atoms with Gasteiger partial charge in [-0.05, 0) is 25.7 Å². The summed E-state index contributed by atoms with van der Waals surface area (Å²) in [5.41, 5.74) is 7.92. The molecule has 5 rings (SSSR count). The van der Waals surface area contributed by atoms with Gasteiger partial charge in [0.15, 0.2) is 0 Å². The SMILES string of the molecule is CCCOc1c2cccc1C(CCl)c1cccc(c1OCCC)C(CCl)c1cccc(c1OCCC)C(CCl)c1cccc(c1OCCC)C2CCl. The topological polar surface area (TPSA) is 36.9 Å². The predicted octanol–water partition coefficient (Wildman–Crippen LogP) is 12.6. The largest absolute Gasteiger partial charge is 0.493 e. The molecule has 0 heterocycles. The maximum Gasteiger partial charge on any atom is 0.126 e. The number of benzene rings is 4. The van der Waals surface area contributed by atoms with Gasteiger partial charge in [0.1, 0.15) is 23.0 Å². The Bertz CT molecular complexity index is 1400. The number of alkyl halides is 4. The number of fused-ring (bicyclic) bond motifs is 8. The number of ether oxygens (including phenoxy) is 4. The molecule has 0 radical (unpaired) electrons. The number of para-hydroxylation sites is 4. The summed E-state index contributed by atoms with van der Waals surface area (Å²) in [6, 6.07) is 25.3. The molecule has 0 spiro atoms. The summed E-state index contributed by atoms with van der Waals surface area (Å²) in [6.45, 7) is 10.6. The summed E-state index contributed by atoms with van der Waals surface area (Å²) in [4.78, 5) is 0. The second-order valence-corrected chi connectivity index (χ2v) is 14.5. The standard InChI is InChI=1S/C44H52Cl4O4/c1-5-21-49-41-29-13-9-14-30(41)38(26-46)32-16-11-18-34(43(32)51-23-7-3)40(28-48)36-20-12-19-35(44(36)52-24-8-4)39(27-47)33-17-10-15-31(37(29)25-45)42(33)50-22-6-2/h9-20,37-40H,5-8,21-28H2,1-4H3. The average molecular weight is 787 g/mol. The van der Waals surface area contributed by atoms with E-state index < -0.39 is 0 Å². The van der Waals surface area contributed by atoms with Gasteiger partial charge in [-0.3, -0.25) is 0 Å². The molecule has 0 atom stereocenters. The van der Waals surface area contributed by atoms with Gasteiger partial charge in [0.25, 0.3) is 0 Å². The number of hydrogen-bond acceptors (Lipinski definition) is 4. The third-order valence-electron chi connectivity index (χ3n) is 9.73. The maximum absolute atomic E-state index is 7.02. The van der Waals surface area contributed by atoms with Gasteiger partial charge in [0.2, 0.25) is 0 Å². The minimum Gasteiger partial charge on any atom is -0.493 e. The van der Waals surface area contributed by atoms with Crippen molar-refractivity contribution in [3.8, 4) is 23.0 Å². The van der Waals surface area contributed by atoms with Crippen molar-refractivity contribution in [3.05, 3.63) is 117 Å². The molecule has 8 bridgehead atoms. The molecule has 280 valence electrons. The van der Waals surface area contributed by atoms with Gasteiger partial charge < -0.3 is 18.9 Å². The lowest BCUT2D eigenvalue weighted by Crippen LogP contribution is -2.18. The molecule has 0 amide bonds. The van der Waals surface area contributed by atoms with Crippen LogP contribution in [0.25, 0.3) is 0 Å². The van der Waals surface area contributed by atoms with Crippen LogP contribution in [0.3, 0.4) is 0 Å². The molecule has 4 aromatic carbocycles. The van der Waals surface area contributed by atoms with E-state index >= 15 is 0 Å². The summed E-state index contributed by atoms with van der Waals surface area (Å²) in [5.74, 6) is 3.47. The van der Waals surface area contributed by atoms with Crippen LogP contribution in [0.4, 0.5) is 0 Å². The van der Waals surface area contributed by atoms with E-state index in [1.54, 1.807) is 0 Å². The van der Waals surface area contributed by atoms with Crippen molar-refractivity contribution < 1.29 is 18.9 Å². The molecule has 0 saturated carbocycles. The van der Waals surface area contributed by atoms with Crippen LogP contribution in [0.15, 0.2) is 72.8 Å². The van der Waals surface area contributed by atoms with E-state index in [1.165, 1.54) is 0 Å². The normalized spacial score (nSPS) is 18.2. The Morgan fingerprint density at radius 1 is 0.346 bits per heavy atom. The molecule has 0 aromatic heterocycles. The van der Waals surface area contributed by atoms with Crippen LogP contribution in [0.1, 0.15) is 122 Å². The lowest BCUT2D eigenvalue weighted by Gasteiger charge is -2.31. The maximum atomic E-state index is 7.02. The summed E-state index contributed by atoms with van der Waals surface area (Å²) in [6.07, 6.45) is 3.39. The number of rotatable bonds is 16. The molecule has 4 nitrogen and oxygen atoms in total. The lowest BCUT2D eigenvalue weighted by molar-refractivity contribution is 0.300. The molecule has 1 aliphatic carbocycles. The smallest absolute Gasteiger partial charge is 0.126 e. The Labute approximate surface area is 331 Å².